The first-order chi connectivity index (χ1) is 9.20. The summed E-state index contributed by atoms with van der Waals surface area (Å²) in [5, 5.41) is 3.62. The van der Waals surface area contributed by atoms with Crippen LogP contribution < -0.4 is 5.32 Å². The minimum absolute atomic E-state index is 0.0508. The van der Waals surface area contributed by atoms with Crippen LogP contribution in [0, 0.1) is 11.8 Å². The molecule has 110 valence electrons. The minimum atomic E-state index is -0.0689. The molecular weight excluding hydrogens is 238 g/mol. The molecule has 0 bridgehead atoms. The second-order valence-electron chi connectivity index (χ2n) is 6.52. The molecule has 1 atom stereocenters. The van der Waals surface area contributed by atoms with Crippen LogP contribution in [0.2, 0.25) is 0 Å². The summed E-state index contributed by atoms with van der Waals surface area (Å²) >= 11 is 0. The van der Waals surface area contributed by atoms with Crippen molar-refractivity contribution in [2.45, 2.75) is 76.8 Å². The van der Waals surface area contributed by atoms with E-state index in [1.807, 2.05) is 0 Å². The van der Waals surface area contributed by atoms with Crippen LogP contribution >= 0.6 is 0 Å². The van der Waals surface area contributed by atoms with Gasteiger partial charge in [0.05, 0.1) is 7.11 Å². The van der Waals surface area contributed by atoms with Crippen LogP contribution in [0.3, 0.4) is 0 Å². The fourth-order valence-corrected chi connectivity index (χ4v) is 3.67. The first kappa shape index (κ1) is 14.8. The second-order valence-corrected chi connectivity index (χ2v) is 6.52. The molecule has 2 saturated carbocycles. The van der Waals surface area contributed by atoms with Crippen LogP contribution in [-0.2, 0) is 9.53 Å². The molecule has 19 heavy (non-hydrogen) atoms. The SMILES string of the molecule is COC(=O)C(NC1CCCCC1)C1CCC(C)CC1. The molecule has 1 unspecified atom stereocenters. The van der Waals surface area contributed by atoms with Crippen molar-refractivity contribution in [3.05, 3.63) is 0 Å². The zero-order valence-electron chi connectivity index (χ0n) is 12.5. The lowest BCUT2D eigenvalue weighted by atomic mass is 9.78. The maximum Gasteiger partial charge on any atom is 0.323 e. The molecule has 0 aliphatic heterocycles. The van der Waals surface area contributed by atoms with Crippen LogP contribution in [0.4, 0.5) is 0 Å². The highest BCUT2D eigenvalue weighted by Gasteiger charge is 2.33. The number of esters is 1. The van der Waals surface area contributed by atoms with Gasteiger partial charge in [0, 0.05) is 6.04 Å². The number of ether oxygens (including phenoxy) is 1. The second kappa shape index (κ2) is 7.28. The molecule has 2 aliphatic rings. The Labute approximate surface area is 117 Å². The normalized spacial score (nSPS) is 30.8. The van der Waals surface area contributed by atoms with E-state index < -0.39 is 0 Å². The highest BCUT2D eigenvalue weighted by molar-refractivity contribution is 5.76. The van der Waals surface area contributed by atoms with E-state index >= 15 is 0 Å². The number of hydrogen-bond donors (Lipinski definition) is 1. The van der Waals surface area contributed by atoms with E-state index in [9.17, 15) is 4.79 Å². The van der Waals surface area contributed by atoms with Crippen molar-refractivity contribution in [1.82, 2.24) is 5.32 Å². The predicted molar refractivity (Wildman–Crippen MR) is 76.9 cm³/mol. The van der Waals surface area contributed by atoms with Gasteiger partial charge in [-0.15, -0.1) is 0 Å². The summed E-state index contributed by atoms with van der Waals surface area (Å²) in [4.78, 5) is 12.1. The smallest absolute Gasteiger partial charge is 0.323 e. The standard InChI is InChI=1S/C16H29NO2/c1-12-8-10-13(11-9-12)15(16(18)19-2)17-14-6-4-3-5-7-14/h12-15,17H,3-11H2,1-2H3. The van der Waals surface area contributed by atoms with Crippen LogP contribution in [0.5, 0.6) is 0 Å². The molecule has 0 aromatic carbocycles. The molecule has 3 nitrogen and oxygen atoms in total. The van der Waals surface area contributed by atoms with Gasteiger partial charge in [-0.3, -0.25) is 4.79 Å². The third-order valence-corrected chi connectivity index (χ3v) is 5.01. The van der Waals surface area contributed by atoms with Gasteiger partial charge < -0.3 is 10.1 Å². The lowest BCUT2D eigenvalue weighted by Gasteiger charge is -2.35. The van der Waals surface area contributed by atoms with E-state index in [0.29, 0.717) is 12.0 Å². The van der Waals surface area contributed by atoms with Gasteiger partial charge in [-0.2, -0.15) is 0 Å². The third kappa shape index (κ3) is 4.20. The molecule has 0 spiro atoms. The Bertz CT molecular complexity index is 278. The van der Waals surface area contributed by atoms with E-state index in [0.717, 1.165) is 5.92 Å². The van der Waals surface area contributed by atoms with Gasteiger partial charge in [0.25, 0.3) is 0 Å². The fourth-order valence-electron chi connectivity index (χ4n) is 3.67. The Morgan fingerprint density at radius 1 is 1.05 bits per heavy atom. The first-order valence-electron chi connectivity index (χ1n) is 8.04. The van der Waals surface area contributed by atoms with Crippen molar-refractivity contribution in [1.29, 1.82) is 0 Å². The van der Waals surface area contributed by atoms with Gasteiger partial charge in [-0.25, -0.2) is 0 Å². The van der Waals surface area contributed by atoms with Gasteiger partial charge in [0.15, 0.2) is 0 Å². The van der Waals surface area contributed by atoms with E-state index in [1.165, 1.54) is 64.9 Å². The highest BCUT2D eigenvalue weighted by Crippen LogP contribution is 2.31. The number of carbonyl (C=O) groups is 1. The molecule has 0 heterocycles. The van der Waals surface area contributed by atoms with Gasteiger partial charge in [0.1, 0.15) is 6.04 Å². The molecule has 2 rings (SSSR count). The van der Waals surface area contributed by atoms with Gasteiger partial charge in [-0.1, -0.05) is 39.0 Å². The third-order valence-electron chi connectivity index (χ3n) is 5.01. The first-order valence-corrected chi connectivity index (χ1v) is 8.04. The largest absolute Gasteiger partial charge is 0.468 e. The molecule has 0 aromatic rings. The summed E-state index contributed by atoms with van der Waals surface area (Å²) in [5.41, 5.74) is 0. The maximum atomic E-state index is 12.1. The van der Waals surface area contributed by atoms with Crippen molar-refractivity contribution < 1.29 is 9.53 Å². The zero-order valence-corrected chi connectivity index (χ0v) is 12.5. The molecular formula is C16H29NO2. The summed E-state index contributed by atoms with van der Waals surface area (Å²) in [7, 11) is 1.52. The summed E-state index contributed by atoms with van der Waals surface area (Å²) in [6.45, 7) is 2.32. The van der Waals surface area contributed by atoms with Crippen molar-refractivity contribution in [2.75, 3.05) is 7.11 Å². The minimum Gasteiger partial charge on any atom is -0.468 e. The summed E-state index contributed by atoms with van der Waals surface area (Å²) in [6.07, 6.45) is 11.2. The number of rotatable bonds is 4. The predicted octanol–water partition coefficient (Wildman–Crippen LogP) is 3.28. The lowest BCUT2D eigenvalue weighted by molar-refractivity contribution is -0.145. The van der Waals surface area contributed by atoms with E-state index in [4.69, 9.17) is 4.74 Å². The number of hydrogen-bond acceptors (Lipinski definition) is 3. The molecule has 1 N–H and O–H groups in total. The van der Waals surface area contributed by atoms with Crippen LogP contribution in [0.15, 0.2) is 0 Å². The van der Waals surface area contributed by atoms with E-state index in [-0.39, 0.29) is 12.0 Å². The topological polar surface area (TPSA) is 38.3 Å². The van der Waals surface area contributed by atoms with Gasteiger partial charge >= 0.3 is 5.97 Å². The van der Waals surface area contributed by atoms with Crippen LogP contribution in [0.1, 0.15) is 64.7 Å². The summed E-state index contributed by atoms with van der Waals surface area (Å²) < 4.78 is 5.03. The lowest BCUT2D eigenvalue weighted by Crippen LogP contribution is -2.49. The average Bonchev–Trinajstić information content (AvgIpc) is 2.46. The van der Waals surface area contributed by atoms with Gasteiger partial charge in [-0.05, 0) is 37.5 Å². The Kier molecular flexibility index (Phi) is 5.68. The molecule has 2 fully saturated rings. The van der Waals surface area contributed by atoms with Crippen LogP contribution in [0.25, 0.3) is 0 Å². The molecule has 0 saturated heterocycles. The fraction of sp³-hybridized carbons (Fsp3) is 0.938. The average molecular weight is 267 g/mol. The Balaban J connectivity index is 1.92. The van der Waals surface area contributed by atoms with E-state index in [2.05, 4.69) is 12.2 Å². The summed E-state index contributed by atoms with van der Waals surface area (Å²) in [6, 6.07) is 0.456. The Morgan fingerprint density at radius 3 is 2.26 bits per heavy atom. The summed E-state index contributed by atoms with van der Waals surface area (Å²) in [5.74, 6) is 1.25. The monoisotopic (exact) mass is 267 g/mol. The van der Waals surface area contributed by atoms with Crippen molar-refractivity contribution in [3.8, 4) is 0 Å². The van der Waals surface area contributed by atoms with Crippen molar-refractivity contribution >= 4 is 5.97 Å². The Morgan fingerprint density at radius 2 is 1.68 bits per heavy atom. The van der Waals surface area contributed by atoms with Crippen LogP contribution in [-0.4, -0.2) is 25.2 Å². The van der Waals surface area contributed by atoms with Crippen molar-refractivity contribution in [2.24, 2.45) is 11.8 Å². The molecule has 0 aromatic heterocycles. The number of carbonyl (C=O) groups excluding carboxylic acids is 1. The number of nitrogens with one attached hydrogen (secondary N) is 1. The maximum absolute atomic E-state index is 12.1. The van der Waals surface area contributed by atoms with Gasteiger partial charge in [0.2, 0.25) is 0 Å². The molecule has 0 amide bonds. The molecule has 3 heteroatoms. The highest BCUT2D eigenvalue weighted by atomic mass is 16.5. The molecule has 2 aliphatic carbocycles. The van der Waals surface area contributed by atoms with E-state index in [1.54, 1.807) is 0 Å². The quantitative estimate of drug-likeness (QED) is 0.794. The zero-order chi connectivity index (χ0) is 13.7. The van der Waals surface area contributed by atoms with Crippen molar-refractivity contribution in [3.63, 3.8) is 0 Å². The Hall–Kier alpha value is -0.570. The molecule has 0 radical (unpaired) electrons. The number of methoxy groups -OCH3 is 1.